The monoisotopic (exact) mass is 505 g/mol. The summed E-state index contributed by atoms with van der Waals surface area (Å²) in [6.07, 6.45) is 2.29. The Labute approximate surface area is 203 Å². The number of carbonyl (C=O) groups is 1. The van der Waals surface area contributed by atoms with Gasteiger partial charge in [0, 0.05) is 36.5 Å². The first-order valence-electron chi connectivity index (χ1n) is 10.7. The van der Waals surface area contributed by atoms with Gasteiger partial charge in [-0.1, -0.05) is 6.07 Å². The lowest BCUT2D eigenvalue weighted by Gasteiger charge is -2.29. The van der Waals surface area contributed by atoms with E-state index in [9.17, 15) is 23.3 Å². The highest BCUT2D eigenvalue weighted by molar-refractivity contribution is 7.92. The number of hydrogen-bond donors (Lipinski definition) is 1. The highest BCUT2D eigenvalue weighted by atomic mass is 32.2. The summed E-state index contributed by atoms with van der Waals surface area (Å²) < 4.78 is 36.4. The summed E-state index contributed by atoms with van der Waals surface area (Å²) in [5.74, 6) is -0.405. The number of anilines is 2. The van der Waals surface area contributed by atoms with Gasteiger partial charge in [0.05, 0.1) is 43.4 Å². The fourth-order valence-corrected chi connectivity index (χ4v) is 4.42. The summed E-state index contributed by atoms with van der Waals surface area (Å²) in [6.45, 7) is 3.50. The van der Waals surface area contributed by atoms with E-state index in [1.807, 2.05) is 4.90 Å². The van der Waals surface area contributed by atoms with Crippen LogP contribution in [0.4, 0.5) is 17.1 Å². The Balaban J connectivity index is 1.81. The maximum Gasteiger partial charge on any atom is 0.270 e. The van der Waals surface area contributed by atoms with Crippen LogP contribution in [0.25, 0.3) is 0 Å². The number of amides is 1. The summed E-state index contributed by atoms with van der Waals surface area (Å²) in [6, 6.07) is 9.38. The van der Waals surface area contributed by atoms with Crippen LogP contribution in [0.2, 0.25) is 0 Å². The highest BCUT2D eigenvalue weighted by Gasteiger charge is 2.24. The van der Waals surface area contributed by atoms with Crippen LogP contribution in [-0.2, 0) is 19.6 Å². The zero-order chi connectivity index (χ0) is 25.6. The summed E-state index contributed by atoms with van der Waals surface area (Å²) in [7, 11) is -2.42. The van der Waals surface area contributed by atoms with Crippen molar-refractivity contribution in [2.45, 2.75) is 6.92 Å². The average Bonchev–Trinajstić information content (AvgIpc) is 2.82. The Kier molecular flexibility index (Phi) is 8.25. The van der Waals surface area contributed by atoms with E-state index in [0.29, 0.717) is 43.3 Å². The fourth-order valence-electron chi connectivity index (χ4n) is 3.57. The smallest absolute Gasteiger partial charge is 0.270 e. The maximum absolute atomic E-state index is 12.6. The number of hydrazone groups is 1. The number of ether oxygens (including phenoxy) is 2. The molecule has 3 rings (SSSR count). The van der Waals surface area contributed by atoms with Crippen molar-refractivity contribution in [3.8, 4) is 5.75 Å². The molecule has 0 unspecified atom stereocenters. The second kappa shape index (κ2) is 11.1. The topological polar surface area (TPSA) is 144 Å². The number of rotatable bonds is 9. The molecule has 1 saturated heterocycles. The number of aryl methyl sites for hydroxylation is 1. The Morgan fingerprint density at radius 2 is 2.00 bits per heavy atom. The van der Waals surface area contributed by atoms with Crippen molar-refractivity contribution in [2.75, 3.05) is 55.4 Å². The van der Waals surface area contributed by atoms with Crippen LogP contribution in [0.15, 0.2) is 41.5 Å². The van der Waals surface area contributed by atoms with Gasteiger partial charge in [0.1, 0.15) is 12.3 Å². The number of morpholine rings is 1. The van der Waals surface area contributed by atoms with Crippen molar-refractivity contribution in [1.29, 1.82) is 0 Å². The van der Waals surface area contributed by atoms with E-state index in [1.165, 1.54) is 25.5 Å². The fraction of sp³-hybridized carbons (Fsp3) is 0.364. The molecule has 1 amide bonds. The van der Waals surface area contributed by atoms with Crippen LogP contribution < -0.4 is 19.4 Å². The lowest BCUT2D eigenvalue weighted by atomic mass is 10.1. The van der Waals surface area contributed by atoms with E-state index in [4.69, 9.17) is 9.47 Å². The molecule has 0 radical (unpaired) electrons. The van der Waals surface area contributed by atoms with Gasteiger partial charge in [-0.3, -0.25) is 19.2 Å². The van der Waals surface area contributed by atoms with Gasteiger partial charge in [0.25, 0.3) is 11.6 Å². The van der Waals surface area contributed by atoms with Crippen molar-refractivity contribution < 1.29 is 27.6 Å². The van der Waals surface area contributed by atoms with Gasteiger partial charge in [0.15, 0.2) is 0 Å². The number of non-ortho nitro benzene ring substituents is 1. The molecule has 13 heteroatoms. The van der Waals surface area contributed by atoms with E-state index in [0.717, 1.165) is 16.1 Å². The molecule has 1 aliphatic rings. The predicted octanol–water partition coefficient (Wildman–Crippen LogP) is 1.66. The molecule has 1 aliphatic heterocycles. The zero-order valence-electron chi connectivity index (χ0n) is 19.6. The molecule has 1 N–H and O–H groups in total. The molecule has 0 saturated carbocycles. The number of nitro groups is 1. The minimum atomic E-state index is -3.83. The molecule has 2 aromatic rings. The van der Waals surface area contributed by atoms with Crippen LogP contribution in [0, 0.1) is 17.0 Å². The van der Waals surface area contributed by atoms with Crippen molar-refractivity contribution in [3.63, 3.8) is 0 Å². The molecule has 0 spiro atoms. The molecule has 0 atom stereocenters. The Morgan fingerprint density at radius 1 is 1.29 bits per heavy atom. The molecular weight excluding hydrogens is 478 g/mol. The number of methoxy groups -OCH3 is 1. The minimum absolute atomic E-state index is 0.121. The first-order valence-corrected chi connectivity index (χ1v) is 12.5. The van der Waals surface area contributed by atoms with Crippen molar-refractivity contribution in [3.05, 3.63) is 57.6 Å². The summed E-state index contributed by atoms with van der Waals surface area (Å²) in [4.78, 5) is 25.3. The van der Waals surface area contributed by atoms with Crippen LogP contribution in [0.1, 0.15) is 11.1 Å². The molecule has 1 heterocycles. The van der Waals surface area contributed by atoms with Crippen LogP contribution in [0.3, 0.4) is 0 Å². The second-order valence-corrected chi connectivity index (χ2v) is 9.74. The summed E-state index contributed by atoms with van der Waals surface area (Å²) in [5, 5.41) is 15.2. The summed E-state index contributed by atoms with van der Waals surface area (Å²) >= 11 is 0. The Morgan fingerprint density at radius 3 is 2.63 bits per heavy atom. The molecular formula is C22H27N5O7S. The van der Waals surface area contributed by atoms with Crippen molar-refractivity contribution in [2.24, 2.45) is 5.10 Å². The van der Waals surface area contributed by atoms with Gasteiger partial charge >= 0.3 is 0 Å². The van der Waals surface area contributed by atoms with Gasteiger partial charge in [-0.25, -0.2) is 13.8 Å². The molecule has 188 valence electrons. The molecule has 2 aromatic carbocycles. The number of nitrogens with zero attached hydrogens (tertiary/aromatic N) is 4. The first kappa shape index (κ1) is 25.9. The molecule has 0 aliphatic carbocycles. The minimum Gasteiger partial charge on any atom is -0.495 e. The lowest BCUT2D eigenvalue weighted by Crippen LogP contribution is -2.39. The number of nitrogens with one attached hydrogen (secondary N) is 1. The predicted molar refractivity (Wildman–Crippen MR) is 132 cm³/mol. The third-order valence-electron chi connectivity index (χ3n) is 5.26. The van der Waals surface area contributed by atoms with Gasteiger partial charge in [-0.05, 0) is 30.7 Å². The normalized spacial score (nSPS) is 14.1. The zero-order valence-corrected chi connectivity index (χ0v) is 20.4. The standard InChI is InChI=1S/C22H27N5O7S/c1-16-4-7-21(33-2)20(12-16)26(35(3,31)32)15-22(28)24-23-14-17-13-18(27(29)30)5-6-19(17)25-8-10-34-11-9-25/h4-7,12-14H,8-11,15H2,1-3H3,(H,24,28)/b23-14-. The van der Waals surface area contributed by atoms with Crippen LogP contribution in [-0.4, -0.2) is 71.7 Å². The largest absolute Gasteiger partial charge is 0.495 e. The van der Waals surface area contributed by atoms with Crippen molar-refractivity contribution >= 4 is 39.2 Å². The number of nitro benzene ring substituents is 1. The molecule has 12 nitrogen and oxygen atoms in total. The molecule has 0 aromatic heterocycles. The van der Waals surface area contributed by atoms with Gasteiger partial charge in [0.2, 0.25) is 10.0 Å². The highest BCUT2D eigenvalue weighted by Crippen LogP contribution is 2.31. The molecule has 1 fully saturated rings. The van der Waals surface area contributed by atoms with E-state index in [-0.39, 0.29) is 11.4 Å². The first-order chi connectivity index (χ1) is 16.6. The van der Waals surface area contributed by atoms with E-state index >= 15 is 0 Å². The van der Waals surface area contributed by atoms with Crippen LogP contribution >= 0.6 is 0 Å². The van der Waals surface area contributed by atoms with Gasteiger partial charge < -0.3 is 14.4 Å². The molecule has 0 bridgehead atoms. The molecule has 35 heavy (non-hydrogen) atoms. The number of hydrogen-bond acceptors (Lipinski definition) is 9. The van der Waals surface area contributed by atoms with Gasteiger partial charge in [-0.15, -0.1) is 0 Å². The number of benzene rings is 2. The average molecular weight is 506 g/mol. The van der Waals surface area contributed by atoms with E-state index in [1.54, 1.807) is 31.2 Å². The van der Waals surface area contributed by atoms with E-state index in [2.05, 4.69) is 10.5 Å². The lowest BCUT2D eigenvalue weighted by molar-refractivity contribution is -0.384. The third-order valence-corrected chi connectivity index (χ3v) is 6.38. The third kappa shape index (κ3) is 6.67. The van der Waals surface area contributed by atoms with E-state index < -0.39 is 27.4 Å². The Bertz CT molecular complexity index is 1230. The number of sulfonamides is 1. The quantitative estimate of drug-likeness (QED) is 0.308. The summed E-state index contributed by atoms with van der Waals surface area (Å²) in [5.41, 5.74) is 4.33. The Hall–Kier alpha value is -3.71. The maximum atomic E-state index is 12.6. The van der Waals surface area contributed by atoms with Crippen LogP contribution in [0.5, 0.6) is 5.75 Å². The SMILES string of the molecule is COc1ccc(C)cc1N(CC(=O)N/N=C\c1cc([N+](=O)[O-])ccc1N1CCOCC1)S(C)(=O)=O. The van der Waals surface area contributed by atoms with Crippen molar-refractivity contribution in [1.82, 2.24) is 5.43 Å². The van der Waals surface area contributed by atoms with Gasteiger partial charge in [-0.2, -0.15) is 5.10 Å². The second-order valence-electron chi connectivity index (χ2n) is 7.84. The number of carbonyl (C=O) groups excluding carboxylic acids is 1.